The third-order valence-corrected chi connectivity index (χ3v) is 7.54. The van der Waals surface area contributed by atoms with Crippen LogP contribution in [0.2, 0.25) is 0 Å². The molecule has 3 N–H and O–H groups in total. The average Bonchev–Trinajstić information content (AvgIpc) is 3.42. The number of nitrogens with two attached hydrogens (primary N) is 1. The molecule has 1 atom stereocenters. The molecule has 224 valence electrons. The number of hydrogen-bond acceptors (Lipinski definition) is 8. The minimum absolute atomic E-state index is 0.0890. The first kappa shape index (κ1) is 29.7. The zero-order chi connectivity index (χ0) is 30.3. The normalized spacial score (nSPS) is 15.2. The predicted octanol–water partition coefficient (Wildman–Crippen LogP) is 4.84. The van der Waals surface area contributed by atoms with Crippen molar-refractivity contribution in [1.29, 1.82) is 0 Å². The van der Waals surface area contributed by atoms with Gasteiger partial charge in [-0.05, 0) is 55.5 Å². The Balaban J connectivity index is 1.51. The molecular weight excluding hydrogens is 546 g/mol. The van der Waals surface area contributed by atoms with Crippen LogP contribution in [0, 0.1) is 0 Å². The van der Waals surface area contributed by atoms with Crippen LogP contribution in [-0.4, -0.2) is 63.4 Å². The molecule has 0 spiro atoms. The fraction of sp³-hybridized carbons (Fsp3) is 0.344. The van der Waals surface area contributed by atoms with Gasteiger partial charge >= 0.3 is 0 Å². The number of nitrogens with one attached hydrogen (secondary N) is 1. The maximum atomic E-state index is 13.3. The number of amides is 2. The molecule has 1 aromatic carbocycles. The third kappa shape index (κ3) is 6.36. The van der Waals surface area contributed by atoms with E-state index in [4.69, 9.17) is 20.2 Å². The van der Waals surface area contributed by atoms with Crippen molar-refractivity contribution in [3.63, 3.8) is 0 Å². The Labute approximate surface area is 250 Å². The number of piperidine rings is 1. The Morgan fingerprint density at radius 2 is 2.00 bits per heavy atom. The monoisotopic (exact) mass is 583 g/mol. The summed E-state index contributed by atoms with van der Waals surface area (Å²) in [6, 6.07) is 8.86. The number of likely N-dealkylation sites (tertiary alicyclic amines) is 1. The highest BCUT2D eigenvalue weighted by Gasteiger charge is 2.32. The number of imidazole rings is 1. The van der Waals surface area contributed by atoms with E-state index in [0.717, 1.165) is 37.7 Å². The van der Waals surface area contributed by atoms with Crippen LogP contribution in [0.15, 0.2) is 61.1 Å². The van der Waals surface area contributed by atoms with Crippen molar-refractivity contribution >= 4 is 29.0 Å². The third-order valence-electron chi connectivity index (χ3n) is 7.54. The number of carbonyl (C=O) groups excluding carboxylic acids is 2. The molecule has 0 radical (unpaired) electrons. The molecule has 4 aromatic rings. The van der Waals surface area contributed by atoms with Gasteiger partial charge in [0, 0.05) is 43.9 Å². The molecule has 11 nitrogen and oxygen atoms in total. The van der Waals surface area contributed by atoms with Gasteiger partial charge in [-0.1, -0.05) is 25.5 Å². The summed E-state index contributed by atoms with van der Waals surface area (Å²) in [5.41, 5.74) is 9.78. The second kappa shape index (κ2) is 13.5. The molecule has 5 rings (SSSR count). The molecule has 0 saturated carbocycles. The second-order valence-corrected chi connectivity index (χ2v) is 10.4. The topological polar surface area (TPSA) is 137 Å². The van der Waals surface area contributed by atoms with Gasteiger partial charge in [0.1, 0.15) is 34.4 Å². The summed E-state index contributed by atoms with van der Waals surface area (Å²) in [7, 11) is 3.11. The Morgan fingerprint density at radius 1 is 1.14 bits per heavy atom. The predicted molar refractivity (Wildman–Crippen MR) is 165 cm³/mol. The summed E-state index contributed by atoms with van der Waals surface area (Å²) >= 11 is 0. The number of methoxy groups -OCH3 is 2. The van der Waals surface area contributed by atoms with Crippen molar-refractivity contribution in [2.75, 3.05) is 38.4 Å². The summed E-state index contributed by atoms with van der Waals surface area (Å²) in [5, 5.41) is 2.88. The molecule has 0 aliphatic carbocycles. The Morgan fingerprint density at radius 3 is 2.79 bits per heavy atom. The molecule has 1 aliphatic heterocycles. The van der Waals surface area contributed by atoms with Crippen LogP contribution in [0.3, 0.4) is 0 Å². The summed E-state index contributed by atoms with van der Waals surface area (Å²) in [4.78, 5) is 41.9. The van der Waals surface area contributed by atoms with Crippen molar-refractivity contribution in [3.05, 3.63) is 78.0 Å². The van der Waals surface area contributed by atoms with Gasteiger partial charge in [0.15, 0.2) is 0 Å². The van der Waals surface area contributed by atoms with E-state index in [2.05, 4.69) is 22.2 Å². The van der Waals surface area contributed by atoms with Crippen LogP contribution in [0.25, 0.3) is 16.8 Å². The molecule has 43 heavy (non-hydrogen) atoms. The summed E-state index contributed by atoms with van der Waals surface area (Å²) in [6.45, 7) is 3.09. The van der Waals surface area contributed by atoms with E-state index in [0.29, 0.717) is 58.7 Å². The fourth-order valence-corrected chi connectivity index (χ4v) is 5.52. The smallest absolute Gasteiger partial charge is 0.260 e. The van der Waals surface area contributed by atoms with E-state index >= 15 is 0 Å². The number of ether oxygens (including phenoxy) is 2. The maximum absolute atomic E-state index is 13.3. The van der Waals surface area contributed by atoms with Crippen LogP contribution in [-0.2, 0) is 16.0 Å². The van der Waals surface area contributed by atoms with E-state index < -0.39 is 0 Å². The SMILES string of the molecule is CCCc1ccnc(NC(=O)c2ccc(-c3nc(C4CCCCN4C(=O)C=CCOC)n4ccnc(N)c34)cc2OC)c1. The minimum Gasteiger partial charge on any atom is -0.496 e. The Hall–Kier alpha value is -4.77. The molecule has 11 heteroatoms. The van der Waals surface area contributed by atoms with Gasteiger partial charge in [0.05, 0.1) is 25.3 Å². The van der Waals surface area contributed by atoms with Crippen LogP contribution in [0.4, 0.5) is 11.6 Å². The molecule has 0 bridgehead atoms. The number of aryl methyl sites for hydroxylation is 1. The summed E-state index contributed by atoms with van der Waals surface area (Å²) < 4.78 is 12.6. The zero-order valence-corrected chi connectivity index (χ0v) is 24.7. The van der Waals surface area contributed by atoms with Crippen LogP contribution in [0.5, 0.6) is 5.75 Å². The number of benzene rings is 1. The highest BCUT2D eigenvalue weighted by atomic mass is 16.5. The van der Waals surface area contributed by atoms with Crippen molar-refractivity contribution in [2.24, 2.45) is 0 Å². The first-order valence-electron chi connectivity index (χ1n) is 14.5. The van der Waals surface area contributed by atoms with Gasteiger partial charge in [-0.25, -0.2) is 15.0 Å². The Bertz CT molecular complexity index is 1650. The molecule has 3 aromatic heterocycles. The van der Waals surface area contributed by atoms with Gasteiger partial charge in [0.25, 0.3) is 5.91 Å². The minimum atomic E-state index is -0.334. The van der Waals surface area contributed by atoms with Crippen molar-refractivity contribution < 1.29 is 19.1 Å². The molecule has 4 heterocycles. The largest absolute Gasteiger partial charge is 0.496 e. The lowest BCUT2D eigenvalue weighted by molar-refractivity contribution is -0.130. The number of anilines is 2. The summed E-state index contributed by atoms with van der Waals surface area (Å²) in [6.07, 6.45) is 13.0. The quantitative estimate of drug-likeness (QED) is 0.253. The number of hydrogen-bond donors (Lipinski definition) is 2. The lowest BCUT2D eigenvalue weighted by Gasteiger charge is -2.34. The number of fused-ring (bicyclic) bond motifs is 1. The van der Waals surface area contributed by atoms with Gasteiger partial charge in [-0.15, -0.1) is 0 Å². The zero-order valence-electron chi connectivity index (χ0n) is 24.7. The second-order valence-electron chi connectivity index (χ2n) is 10.4. The molecule has 2 amide bonds. The van der Waals surface area contributed by atoms with Crippen molar-refractivity contribution in [1.82, 2.24) is 24.3 Å². The molecule has 1 fully saturated rings. The number of pyridine rings is 1. The maximum Gasteiger partial charge on any atom is 0.260 e. The van der Waals surface area contributed by atoms with E-state index in [-0.39, 0.29) is 17.9 Å². The first-order valence-corrected chi connectivity index (χ1v) is 14.5. The van der Waals surface area contributed by atoms with Crippen molar-refractivity contribution in [3.8, 4) is 17.0 Å². The fourth-order valence-electron chi connectivity index (χ4n) is 5.52. The van der Waals surface area contributed by atoms with E-state index in [1.54, 1.807) is 43.8 Å². The van der Waals surface area contributed by atoms with Gasteiger partial charge in [-0.3, -0.25) is 14.0 Å². The number of nitrogens with zero attached hydrogens (tertiary/aromatic N) is 5. The average molecular weight is 584 g/mol. The van der Waals surface area contributed by atoms with Crippen LogP contribution >= 0.6 is 0 Å². The number of aromatic nitrogens is 4. The summed E-state index contributed by atoms with van der Waals surface area (Å²) in [5.74, 6) is 1.44. The Kier molecular flexibility index (Phi) is 9.31. The van der Waals surface area contributed by atoms with E-state index in [1.165, 1.54) is 7.11 Å². The van der Waals surface area contributed by atoms with Gasteiger partial charge < -0.3 is 25.4 Å². The van der Waals surface area contributed by atoms with Crippen molar-refractivity contribution in [2.45, 2.75) is 45.1 Å². The molecular formula is C32H37N7O4. The number of nitrogen functional groups attached to an aromatic ring is 1. The highest BCUT2D eigenvalue weighted by molar-refractivity contribution is 6.06. The molecule has 1 unspecified atom stereocenters. The van der Waals surface area contributed by atoms with Gasteiger partial charge in [0.2, 0.25) is 5.91 Å². The van der Waals surface area contributed by atoms with Crippen LogP contribution < -0.4 is 15.8 Å². The lowest BCUT2D eigenvalue weighted by atomic mass is 10.0. The van der Waals surface area contributed by atoms with Gasteiger partial charge in [-0.2, -0.15) is 0 Å². The lowest BCUT2D eigenvalue weighted by Crippen LogP contribution is -2.38. The highest BCUT2D eigenvalue weighted by Crippen LogP contribution is 2.37. The van der Waals surface area contributed by atoms with E-state index in [1.807, 2.05) is 33.7 Å². The first-order chi connectivity index (χ1) is 20.9. The standard InChI is InChI=1S/C32H37N7O4/c1-4-8-21-13-14-34-26(19-21)36-32(41)23-12-11-22(20-25(23)43-3)28-29-30(33)35-15-17-39(29)31(37-28)24-9-5-6-16-38(24)27(40)10-7-18-42-2/h7,10-15,17,19-20,24H,4-6,8-9,16,18H2,1-3H3,(H2,33,35)(H,34,36,41). The molecule has 1 aliphatic rings. The number of carbonyl (C=O) groups is 2. The van der Waals surface area contributed by atoms with Crippen LogP contribution in [0.1, 0.15) is 60.4 Å². The number of rotatable bonds is 10. The van der Waals surface area contributed by atoms with E-state index in [9.17, 15) is 9.59 Å². The molecule has 1 saturated heterocycles.